The van der Waals surface area contributed by atoms with Gasteiger partial charge >= 0.3 is 0 Å². The van der Waals surface area contributed by atoms with Crippen LogP contribution in [0.25, 0.3) is 0 Å². The van der Waals surface area contributed by atoms with Gasteiger partial charge < -0.3 is 15.1 Å². The Morgan fingerprint density at radius 1 is 1.22 bits per heavy atom. The fourth-order valence-electron chi connectivity index (χ4n) is 1.95. The topological polar surface area (TPSA) is 49.6 Å². The third kappa shape index (κ3) is 7.87. The molecule has 0 radical (unpaired) electrons. The van der Waals surface area contributed by atoms with Crippen molar-refractivity contribution in [3.05, 3.63) is 58.5 Å². The van der Waals surface area contributed by atoms with Crippen LogP contribution in [-0.4, -0.2) is 18.5 Å². The number of hydrogen-bond acceptors (Lipinski definition) is 2. The van der Waals surface area contributed by atoms with E-state index in [2.05, 4.69) is 57.5 Å². The van der Waals surface area contributed by atoms with E-state index in [-0.39, 0.29) is 24.0 Å². The lowest BCUT2D eigenvalue weighted by Gasteiger charge is -2.15. The summed E-state index contributed by atoms with van der Waals surface area (Å²) in [6.45, 7) is 5.63. The smallest absolute Gasteiger partial charge is 0.191 e. The average molecular weight is 492 g/mol. The highest BCUT2D eigenvalue weighted by atomic mass is 127. The van der Waals surface area contributed by atoms with Gasteiger partial charge in [0.2, 0.25) is 0 Å². The molecule has 0 atom stereocenters. The van der Waals surface area contributed by atoms with Crippen LogP contribution in [-0.2, 0) is 13.0 Å². The number of rotatable bonds is 6. The number of nitrogens with one attached hydrogen (secondary N) is 2. The van der Waals surface area contributed by atoms with Gasteiger partial charge in [-0.25, -0.2) is 4.99 Å². The van der Waals surface area contributed by atoms with E-state index in [1.807, 2.05) is 24.3 Å². The summed E-state index contributed by atoms with van der Waals surface area (Å²) in [7, 11) is 0. The zero-order valence-electron chi connectivity index (χ0n) is 13.4. The summed E-state index contributed by atoms with van der Waals surface area (Å²) in [5.74, 6) is 1.80. The van der Waals surface area contributed by atoms with Crippen LogP contribution in [0, 0.1) is 0 Å². The van der Waals surface area contributed by atoms with E-state index < -0.39 is 0 Å². The molecule has 23 heavy (non-hydrogen) atoms. The Hall–Kier alpha value is -1.02. The number of benzene rings is 1. The molecule has 2 aromatic rings. The molecule has 2 N–H and O–H groups in total. The maximum atomic E-state index is 5.33. The van der Waals surface area contributed by atoms with Crippen LogP contribution < -0.4 is 10.6 Å². The van der Waals surface area contributed by atoms with Crippen molar-refractivity contribution in [2.45, 2.75) is 32.9 Å². The first-order chi connectivity index (χ1) is 10.6. The molecular formula is C17H23BrIN3O. The molecule has 1 aromatic carbocycles. The summed E-state index contributed by atoms with van der Waals surface area (Å²) in [6, 6.07) is 12.4. The minimum atomic E-state index is 0. The highest BCUT2D eigenvalue weighted by Crippen LogP contribution is 2.11. The first-order valence-corrected chi connectivity index (χ1v) is 8.24. The molecule has 0 aliphatic rings. The molecule has 0 spiro atoms. The van der Waals surface area contributed by atoms with Crippen molar-refractivity contribution < 1.29 is 4.42 Å². The van der Waals surface area contributed by atoms with E-state index in [9.17, 15) is 0 Å². The fraction of sp³-hybridized carbons (Fsp3) is 0.353. The third-order valence-electron chi connectivity index (χ3n) is 3.00. The van der Waals surface area contributed by atoms with Gasteiger partial charge in [-0.05, 0) is 43.7 Å². The molecule has 4 nitrogen and oxygen atoms in total. The van der Waals surface area contributed by atoms with Gasteiger partial charge in [0.1, 0.15) is 5.76 Å². The minimum absolute atomic E-state index is 0. The summed E-state index contributed by atoms with van der Waals surface area (Å²) in [5.41, 5.74) is 1.18. The second-order valence-corrected chi connectivity index (χ2v) is 6.26. The first-order valence-electron chi connectivity index (χ1n) is 7.45. The maximum absolute atomic E-state index is 5.33. The van der Waals surface area contributed by atoms with Gasteiger partial charge in [0, 0.05) is 23.5 Å². The van der Waals surface area contributed by atoms with Crippen LogP contribution in [0.15, 0.2) is 56.5 Å². The predicted molar refractivity (Wildman–Crippen MR) is 109 cm³/mol. The highest BCUT2D eigenvalue weighted by molar-refractivity contribution is 14.0. The number of hydrogen-bond donors (Lipinski definition) is 2. The van der Waals surface area contributed by atoms with Crippen LogP contribution in [0.3, 0.4) is 0 Å². The van der Waals surface area contributed by atoms with Crippen LogP contribution in [0.2, 0.25) is 0 Å². The molecule has 0 unspecified atom stereocenters. The van der Waals surface area contributed by atoms with E-state index in [4.69, 9.17) is 4.42 Å². The quantitative estimate of drug-likeness (QED) is 0.359. The molecule has 0 fully saturated rings. The van der Waals surface area contributed by atoms with Gasteiger partial charge in [-0.2, -0.15) is 0 Å². The minimum Gasteiger partial charge on any atom is -0.469 e. The van der Waals surface area contributed by atoms with Gasteiger partial charge in [0.15, 0.2) is 5.96 Å². The standard InChI is InChI=1S/C17H22BrN3O.HI/c1-13(2)21-17(19-10-9-16-4-3-11-22-16)20-12-14-5-7-15(18)8-6-14;/h3-8,11,13H,9-10,12H2,1-2H3,(H2,19,20,21);1H. The van der Waals surface area contributed by atoms with Crippen LogP contribution in [0.1, 0.15) is 25.2 Å². The maximum Gasteiger partial charge on any atom is 0.191 e. The van der Waals surface area contributed by atoms with Crippen molar-refractivity contribution in [1.29, 1.82) is 0 Å². The Bertz CT molecular complexity index is 582. The summed E-state index contributed by atoms with van der Waals surface area (Å²) in [6.07, 6.45) is 2.54. The Morgan fingerprint density at radius 2 is 1.96 bits per heavy atom. The van der Waals surface area contributed by atoms with Crippen molar-refractivity contribution >= 4 is 45.9 Å². The molecular weight excluding hydrogens is 469 g/mol. The second kappa shape index (κ2) is 10.7. The molecule has 0 aliphatic heterocycles. The van der Waals surface area contributed by atoms with Crippen molar-refractivity contribution in [3.63, 3.8) is 0 Å². The molecule has 6 heteroatoms. The molecule has 0 saturated heterocycles. The zero-order chi connectivity index (χ0) is 15.8. The third-order valence-corrected chi connectivity index (χ3v) is 3.53. The molecule has 0 bridgehead atoms. The van der Waals surface area contributed by atoms with E-state index in [1.54, 1.807) is 6.26 Å². The number of halogens is 2. The van der Waals surface area contributed by atoms with Crippen molar-refractivity contribution in [1.82, 2.24) is 10.6 Å². The largest absolute Gasteiger partial charge is 0.469 e. The second-order valence-electron chi connectivity index (χ2n) is 5.35. The van der Waals surface area contributed by atoms with E-state index >= 15 is 0 Å². The van der Waals surface area contributed by atoms with Gasteiger partial charge in [-0.15, -0.1) is 24.0 Å². The Labute approximate surface area is 163 Å². The van der Waals surface area contributed by atoms with Crippen LogP contribution in [0.5, 0.6) is 0 Å². The lowest BCUT2D eigenvalue weighted by molar-refractivity contribution is 0.506. The summed E-state index contributed by atoms with van der Waals surface area (Å²) in [4.78, 5) is 4.63. The predicted octanol–water partition coefficient (Wildman–Crippen LogP) is 4.35. The lowest BCUT2D eigenvalue weighted by atomic mass is 10.2. The molecule has 0 amide bonds. The van der Waals surface area contributed by atoms with Gasteiger partial charge in [0.05, 0.1) is 12.8 Å². The van der Waals surface area contributed by atoms with Crippen molar-refractivity contribution in [3.8, 4) is 0 Å². The Balaban J connectivity index is 0.00000264. The van der Waals surface area contributed by atoms with Gasteiger partial charge in [0.25, 0.3) is 0 Å². The number of furan rings is 1. The average Bonchev–Trinajstić information content (AvgIpc) is 2.99. The number of guanidine groups is 1. The van der Waals surface area contributed by atoms with E-state index in [0.29, 0.717) is 12.6 Å². The number of nitrogens with zero attached hydrogens (tertiary/aromatic N) is 1. The SMILES string of the molecule is CC(C)NC(=NCc1ccc(Br)cc1)NCCc1ccco1.I. The summed E-state index contributed by atoms with van der Waals surface area (Å²) >= 11 is 3.44. The molecule has 1 aromatic heterocycles. The van der Waals surface area contributed by atoms with E-state index in [1.165, 1.54) is 5.56 Å². The molecule has 126 valence electrons. The first kappa shape index (κ1) is 20.0. The van der Waals surface area contributed by atoms with Gasteiger partial charge in [-0.1, -0.05) is 28.1 Å². The van der Waals surface area contributed by atoms with Crippen molar-refractivity contribution in [2.75, 3.05) is 6.54 Å². The summed E-state index contributed by atoms with van der Waals surface area (Å²) in [5, 5.41) is 6.68. The van der Waals surface area contributed by atoms with Crippen LogP contribution in [0.4, 0.5) is 0 Å². The van der Waals surface area contributed by atoms with Gasteiger partial charge in [-0.3, -0.25) is 0 Å². The Morgan fingerprint density at radius 3 is 2.57 bits per heavy atom. The Kier molecular flexibility index (Phi) is 9.31. The fourth-order valence-corrected chi connectivity index (χ4v) is 2.21. The molecule has 0 saturated carbocycles. The molecule has 1 heterocycles. The zero-order valence-corrected chi connectivity index (χ0v) is 17.3. The monoisotopic (exact) mass is 491 g/mol. The normalized spacial score (nSPS) is 11.2. The van der Waals surface area contributed by atoms with Crippen molar-refractivity contribution in [2.24, 2.45) is 4.99 Å². The summed E-state index contributed by atoms with van der Waals surface area (Å²) < 4.78 is 6.41. The van der Waals surface area contributed by atoms with E-state index in [0.717, 1.165) is 29.2 Å². The number of aliphatic imine (C=N–C) groups is 1. The lowest BCUT2D eigenvalue weighted by Crippen LogP contribution is -2.41. The highest BCUT2D eigenvalue weighted by Gasteiger charge is 2.02. The molecule has 0 aliphatic carbocycles. The molecule has 2 rings (SSSR count). The van der Waals surface area contributed by atoms with Crippen LogP contribution >= 0.6 is 39.9 Å².